The number of rotatable bonds is 11. The van der Waals surface area contributed by atoms with Gasteiger partial charge in [0.2, 0.25) is 0 Å². The average Bonchev–Trinajstić information content (AvgIpc) is 2.21. The molecule has 0 fully saturated rings. The van der Waals surface area contributed by atoms with Crippen molar-refractivity contribution in [2.45, 2.75) is 25.7 Å². The van der Waals surface area contributed by atoms with E-state index in [1.165, 1.54) is 23.7 Å². The van der Waals surface area contributed by atoms with Crippen LogP contribution in [0.15, 0.2) is 0 Å². The highest BCUT2D eigenvalue weighted by Crippen LogP contribution is 2.02. The molecule has 0 rings (SSSR count). The first-order chi connectivity index (χ1) is 6.91. The smallest absolute Gasteiger partial charge is 0.113 e. The molecule has 0 spiro atoms. The van der Waals surface area contributed by atoms with Crippen molar-refractivity contribution in [1.29, 1.82) is 0 Å². The van der Waals surface area contributed by atoms with Crippen molar-refractivity contribution in [1.82, 2.24) is 0 Å². The molecule has 0 atom stereocenters. The topological polar surface area (TPSA) is 18.5 Å². The molecule has 0 aromatic rings. The number of alkyl halides is 2. The molecule has 0 aromatic heterocycles. The quantitative estimate of drug-likeness (QED) is 0.331. The van der Waals surface area contributed by atoms with E-state index < -0.39 is 6.67 Å². The highest BCUT2D eigenvalue weighted by atomic mass is 127. The maximum absolute atomic E-state index is 11.6. The Hall–Kier alpha value is 0.580. The lowest BCUT2D eigenvalue weighted by atomic mass is 10.2. The molecule has 86 valence electrons. The maximum Gasteiger partial charge on any atom is 0.113 e. The van der Waals surface area contributed by atoms with Gasteiger partial charge in [0.25, 0.3) is 0 Å². The van der Waals surface area contributed by atoms with Crippen LogP contribution >= 0.6 is 22.6 Å². The van der Waals surface area contributed by atoms with Gasteiger partial charge in [0, 0.05) is 6.61 Å². The first-order valence-electron chi connectivity index (χ1n) is 5.19. The zero-order chi connectivity index (χ0) is 10.5. The van der Waals surface area contributed by atoms with Gasteiger partial charge >= 0.3 is 0 Å². The number of ether oxygens (including phenoxy) is 2. The molecule has 0 unspecified atom stereocenters. The van der Waals surface area contributed by atoms with E-state index in [9.17, 15) is 4.39 Å². The van der Waals surface area contributed by atoms with Gasteiger partial charge in [-0.2, -0.15) is 0 Å². The van der Waals surface area contributed by atoms with Crippen molar-refractivity contribution in [3.63, 3.8) is 0 Å². The second kappa shape index (κ2) is 13.6. The Kier molecular flexibility index (Phi) is 14.1. The number of halogens is 2. The molecule has 0 N–H and O–H groups in total. The molecular weight excluding hydrogens is 298 g/mol. The molecule has 14 heavy (non-hydrogen) atoms. The molecule has 0 radical (unpaired) electrons. The predicted molar refractivity (Wildman–Crippen MR) is 65.0 cm³/mol. The Morgan fingerprint density at radius 2 is 1.43 bits per heavy atom. The number of hydrogen-bond acceptors (Lipinski definition) is 2. The van der Waals surface area contributed by atoms with Crippen LogP contribution in [0.5, 0.6) is 0 Å². The van der Waals surface area contributed by atoms with Gasteiger partial charge in [0.1, 0.15) is 6.67 Å². The van der Waals surface area contributed by atoms with Crippen LogP contribution in [0, 0.1) is 0 Å². The molecule has 0 aliphatic rings. The summed E-state index contributed by atoms with van der Waals surface area (Å²) in [5, 5.41) is 0. The predicted octanol–water partition coefficient (Wildman–Crippen LogP) is 2.98. The van der Waals surface area contributed by atoms with E-state index >= 15 is 0 Å². The second-order valence-corrected chi connectivity index (χ2v) is 4.10. The van der Waals surface area contributed by atoms with Gasteiger partial charge in [-0.3, -0.25) is 0 Å². The minimum absolute atomic E-state index is 0.193. The minimum Gasteiger partial charge on any atom is -0.379 e. The summed E-state index contributed by atoms with van der Waals surface area (Å²) in [4.78, 5) is 0. The first kappa shape index (κ1) is 14.6. The van der Waals surface area contributed by atoms with E-state index in [-0.39, 0.29) is 6.61 Å². The van der Waals surface area contributed by atoms with E-state index in [4.69, 9.17) is 9.47 Å². The monoisotopic (exact) mass is 318 g/mol. The summed E-state index contributed by atoms with van der Waals surface area (Å²) in [7, 11) is 0. The average molecular weight is 318 g/mol. The molecule has 0 aliphatic carbocycles. The summed E-state index contributed by atoms with van der Waals surface area (Å²) in [6, 6.07) is 0. The van der Waals surface area contributed by atoms with Crippen LogP contribution in [0.25, 0.3) is 0 Å². The van der Waals surface area contributed by atoms with Crippen LogP contribution in [0.2, 0.25) is 0 Å². The second-order valence-electron chi connectivity index (χ2n) is 3.02. The van der Waals surface area contributed by atoms with Crippen molar-refractivity contribution in [3.8, 4) is 0 Å². The summed E-state index contributed by atoms with van der Waals surface area (Å²) in [6.45, 7) is 1.69. The van der Waals surface area contributed by atoms with Crippen molar-refractivity contribution in [3.05, 3.63) is 0 Å². The van der Waals surface area contributed by atoms with E-state index in [0.29, 0.717) is 13.2 Å². The minimum atomic E-state index is -0.406. The summed E-state index contributed by atoms with van der Waals surface area (Å²) in [5.41, 5.74) is 0. The molecule has 4 heteroatoms. The van der Waals surface area contributed by atoms with Gasteiger partial charge in [0.15, 0.2) is 0 Å². The van der Waals surface area contributed by atoms with E-state index in [1.54, 1.807) is 0 Å². The fraction of sp³-hybridized carbons (Fsp3) is 1.00. The largest absolute Gasteiger partial charge is 0.379 e. The lowest BCUT2D eigenvalue weighted by Gasteiger charge is -2.04. The van der Waals surface area contributed by atoms with E-state index in [0.717, 1.165) is 13.0 Å². The standard InChI is InChI=1S/C10H20FIO2/c11-5-8-14-10-9-13-7-4-2-1-3-6-12/h1-10H2. The van der Waals surface area contributed by atoms with Crippen LogP contribution in [-0.2, 0) is 9.47 Å². The third kappa shape index (κ3) is 12.6. The molecule has 0 aliphatic heterocycles. The van der Waals surface area contributed by atoms with Crippen molar-refractivity contribution in [2.75, 3.05) is 37.5 Å². The van der Waals surface area contributed by atoms with Crippen LogP contribution in [-0.4, -0.2) is 37.5 Å². The summed E-state index contributed by atoms with van der Waals surface area (Å²) in [6.07, 6.45) is 4.97. The van der Waals surface area contributed by atoms with Crippen molar-refractivity contribution < 1.29 is 13.9 Å². The molecule has 0 amide bonds. The Morgan fingerprint density at radius 1 is 0.786 bits per heavy atom. The normalized spacial score (nSPS) is 10.7. The maximum atomic E-state index is 11.6. The Bertz CT molecular complexity index is 92.1. The van der Waals surface area contributed by atoms with Gasteiger partial charge in [0.05, 0.1) is 19.8 Å². The van der Waals surface area contributed by atoms with Gasteiger partial charge in [-0.15, -0.1) is 0 Å². The van der Waals surface area contributed by atoms with Gasteiger partial charge in [-0.05, 0) is 17.3 Å². The first-order valence-corrected chi connectivity index (χ1v) is 6.71. The summed E-state index contributed by atoms with van der Waals surface area (Å²) in [5.74, 6) is 0. The number of hydrogen-bond donors (Lipinski definition) is 0. The highest BCUT2D eigenvalue weighted by molar-refractivity contribution is 14.1. The zero-order valence-electron chi connectivity index (χ0n) is 8.64. The van der Waals surface area contributed by atoms with Crippen molar-refractivity contribution >= 4 is 22.6 Å². The van der Waals surface area contributed by atoms with Gasteiger partial charge < -0.3 is 9.47 Å². The Labute approximate surface area is 99.7 Å². The summed E-state index contributed by atoms with van der Waals surface area (Å²) >= 11 is 2.40. The molecule has 0 saturated heterocycles. The van der Waals surface area contributed by atoms with Crippen LogP contribution in [0.4, 0.5) is 4.39 Å². The zero-order valence-corrected chi connectivity index (χ0v) is 10.8. The molecule has 0 bridgehead atoms. The highest BCUT2D eigenvalue weighted by Gasteiger charge is 1.91. The lowest BCUT2D eigenvalue weighted by Crippen LogP contribution is -2.06. The fourth-order valence-corrected chi connectivity index (χ4v) is 1.57. The molecule has 0 heterocycles. The van der Waals surface area contributed by atoms with Gasteiger partial charge in [-0.25, -0.2) is 4.39 Å². The van der Waals surface area contributed by atoms with Crippen LogP contribution in [0.1, 0.15) is 25.7 Å². The molecule has 0 aromatic carbocycles. The molecule has 0 saturated carbocycles. The SMILES string of the molecule is FCCOCCOCCCCCCI. The van der Waals surface area contributed by atoms with E-state index in [2.05, 4.69) is 22.6 Å². The third-order valence-corrected chi connectivity index (χ3v) is 2.53. The van der Waals surface area contributed by atoms with Crippen LogP contribution < -0.4 is 0 Å². The van der Waals surface area contributed by atoms with Crippen LogP contribution in [0.3, 0.4) is 0 Å². The molecule has 2 nitrogen and oxygen atoms in total. The third-order valence-electron chi connectivity index (χ3n) is 1.77. The Morgan fingerprint density at radius 3 is 2.07 bits per heavy atom. The van der Waals surface area contributed by atoms with Gasteiger partial charge in [-0.1, -0.05) is 35.4 Å². The fourth-order valence-electron chi connectivity index (χ4n) is 1.03. The molecular formula is C10H20FIO2. The Balaban J connectivity index is 2.78. The lowest BCUT2D eigenvalue weighted by molar-refractivity contribution is 0.0415. The number of unbranched alkanes of at least 4 members (excludes halogenated alkanes) is 3. The van der Waals surface area contributed by atoms with Crippen molar-refractivity contribution in [2.24, 2.45) is 0 Å². The summed E-state index contributed by atoms with van der Waals surface area (Å²) < 4.78 is 23.1. The van der Waals surface area contributed by atoms with E-state index in [1.807, 2.05) is 0 Å².